The number of rotatable bonds is 8. The first-order valence-corrected chi connectivity index (χ1v) is 5.70. The van der Waals surface area contributed by atoms with Gasteiger partial charge in [0.15, 0.2) is 17.3 Å². The molecule has 0 saturated carbocycles. The number of halogens is 1. The van der Waals surface area contributed by atoms with Crippen LogP contribution in [0, 0.1) is 0 Å². The van der Waals surface area contributed by atoms with Gasteiger partial charge in [0.2, 0.25) is 0 Å². The lowest BCUT2D eigenvalue weighted by molar-refractivity contribution is -0.136. The van der Waals surface area contributed by atoms with Crippen LogP contribution >= 0.6 is 0 Å². The fourth-order valence-corrected chi connectivity index (χ4v) is 1.47. The van der Waals surface area contributed by atoms with Crippen molar-refractivity contribution in [2.45, 2.75) is 12.8 Å². The molecule has 0 spiro atoms. The van der Waals surface area contributed by atoms with Crippen molar-refractivity contribution < 1.29 is 28.6 Å². The average Bonchev–Trinajstić information content (AvgIpc) is 2.42. The van der Waals surface area contributed by atoms with E-state index in [1.165, 1.54) is 25.3 Å². The minimum Gasteiger partial charge on any atom is -0.493 e. The molecule has 0 aliphatic heterocycles. The molecular formula is C13H15FO5. The monoisotopic (exact) mass is 270 g/mol. The molecule has 6 heteroatoms. The molecule has 0 heterocycles. The van der Waals surface area contributed by atoms with Crippen LogP contribution in [0.25, 0.3) is 0 Å². The zero-order chi connectivity index (χ0) is 14.3. The second-order valence-corrected chi connectivity index (χ2v) is 3.72. The first-order chi connectivity index (χ1) is 9.08. The Morgan fingerprint density at radius 1 is 1.26 bits per heavy atom. The number of ketones is 1. The van der Waals surface area contributed by atoms with Gasteiger partial charge >= 0.3 is 5.97 Å². The topological polar surface area (TPSA) is 72.8 Å². The smallest absolute Gasteiger partial charge is 0.303 e. The summed E-state index contributed by atoms with van der Waals surface area (Å²) in [6.45, 7) is -0.717. The average molecular weight is 270 g/mol. The van der Waals surface area contributed by atoms with E-state index in [9.17, 15) is 14.0 Å². The Kier molecular flexibility index (Phi) is 5.78. The number of carbonyl (C=O) groups excluding carboxylic acids is 1. The molecule has 1 aromatic carbocycles. The predicted molar refractivity (Wildman–Crippen MR) is 65.7 cm³/mol. The highest BCUT2D eigenvalue weighted by Crippen LogP contribution is 2.28. The molecule has 0 aromatic heterocycles. The van der Waals surface area contributed by atoms with E-state index >= 15 is 0 Å². The Balaban J connectivity index is 2.80. The van der Waals surface area contributed by atoms with E-state index in [2.05, 4.69) is 0 Å². The van der Waals surface area contributed by atoms with E-state index < -0.39 is 12.6 Å². The van der Waals surface area contributed by atoms with Gasteiger partial charge in [0.25, 0.3) is 0 Å². The summed E-state index contributed by atoms with van der Waals surface area (Å²) in [5.41, 5.74) is 0.339. The molecule has 0 saturated heterocycles. The maximum absolute atomic E-state index is 12.0. The molecule has 0 bridgehead atoms. The third-order valence-electron chi connectivity index (χ3n) is 2.39. The Morgan fingerprint density at radius 2 is 2.00 bits per heavy atom. The van der Waals surface area contributed by atoms with Crippen molar-refractivity contribution >= 4 is 11.8 Å². The van der Waals surface area contributed by atoms with E-state index in [4.69, 9.17) is 14.6 Å². The number of aliphatic carboxylic acids is 1. The molecule has 1 aromatic rings. The number of Topliss-reactive ketones (excluding diaryl/α,β-unsaturated/α-hetero) is 1. The summed E-state index contributed by atoms with van der Waals surface area (Å²) in [7, 11) is 1.41. The predicted octanol–water partition coefficient (Wildman–Crippen LogP) is 2.09. The Labute approximate surface area is 109 Å². The summed E-state index contributed by atoms with van der Waals surface area (Å²) in [5.74, 6) is -0.662. The molecule has 0 radical (unpaired) electrons. The number of carboxylic acids is 1. The maximum atomic E-state index is 12.0. The van der Waals surface area contributed by atoms with E-state index in [-0.39, 0.29) is 25.2 Å². The first kappa shape index (κ1) is 14.9. The highest BCUT2D eigenvalue weighted by atomic mass is 19.1. The molecule has 0 unspecified atom stereocenters. The second kappa shape index (κ2) is 7.35. The Morgan fingerprint density at radius 3 is 2.58 bits per heavy atom. The van der Waals surface area contributed by atoms with Gasteiger partial charge < -0.3 is 14.6 Å². The van der Waals surface area contributed by atoms with Gasteiger partial charge in [-0.15, -0.1) is 0 Å². The van der Waals surface area contributed by atoms with Gasteiger partial charge in [-0.1, -0.05) is 0 Å². The minimum atomic E-state index is -1.02. The zero-order valence-electron chi connectivity index (χ0n) is 10.5. The molecule has 104 valence electrons. The molecule has 0 atom stereocenters. The van der Waals surface area contributed by atoms with Gasteiger partial charge in [0, 0.05) is 12.0 Å². The highest BCUT2D eigenvalue weighted by molar-refractivity contribution is 5.98. The van der Waals surface area contributed by atoms with Crippen molar-refractivity contribution in [3.8, 4) is 11.5 Å². The number of methoxy groups -OCH3 is 1. The van der Waals surface area contributed by atoms with E-state index in [0.29, 0.717) is 17.1 Å². The number of hydrogen-bond acceptors (Lipinski definition) is 4. The number of hydrogen-bond donors (Lipinski definition) is 1. The zero-order valence-corrected chi connectivity index (χ0v) is 10.5. The van der Waals surface area contributed by atoms with Gasteiger partial charge in [-0.2, -0.15) is 0 Å². The lowest BCUT2D eigenvalue weighted by Gasteiger charge is -2.10. The van der Waals surface area contributed by atoms with Crippen LogP contribution in [-0.2, 0) is 4.79 Å². The van der Waals surface area contributed by atoms with E-state index in [0.717, 1.165) is 0 Å². The summed E-state index contributed by atoms with van der Waals surface area (Å²) in [6.07, 6.45) is -0.301. The number of benzene rings is 1. The van der Waals surface area contributed by atoms with Crippen LogP contribution in [0.15, 0.2) is 18.2 Å². The van der Waals surface area contributed by atoms with Gasteiger partial charge in [0.1, 0.15) is 13.3 Å². The van der Waals surface area contributed by atoms with Crippen LogP contribution in [-0.4, -0.2) is 37.3 Å². The number of carboxylic acid groups (broad SMARTS) is 1. The van der Waals surface area contributed by atoms with E-state index in [1.54, 1.807) is 0 Å². The van der Waals surface area contributed by atoms with Crippen LogP contribution in [0.4, 0.5) is 4.39 Å². The highest BCUT2D eigenvalue weighted by Gasteiger charge is 2.12. The molecule has 0 amide bonds. The van der Waals surface area contributed by atoms with Crippen LogP contribution in [0.5, 0.6) is 11.5 Å². The lowest BCUT2D eigenvalue weighted by atomic mass is 10.1. The van der Waals surface area contributed by atoms with Crippen LogP contribution in [0.2, 0.25) is 0 Å². The molecule has 5 nitrogen and oxygen atoms in total. The summed E-state index contributed by atoms with van der Waals surface area (Å²) in [6, 6.07) is 4.46. The van der Waals surface area contributed by atoms with Gasteiger partial charge in [-0.25, -0.2) is 4.39 Å². The second-order valence-electron chi connectivity index (χ2n) is 3.72. The van der Waals surface area contributed by atoms with Crippen molar-refractivity contribution in [1.82, 2.24) is 0 Å². The molecule has 1 rings (SSSR count). The van der Waals surface area contributed by atoms with Gasteiger partial charge in [-0.05, 0) is 18.2 Å². The molecule has 1 N–H and O–H groups in total. The Hall–Kier alpha value is -2.11. The van der Waals surface area contributed by atoms with Crippen molar-refractivity contribution in [3.63, 3.8) is 0 Å². The first-order valence-electron chi connectivity index (χ1n) is 5.70. The van der Waals surface area contributed by atoms with Crippen molar-refractivity contribution in [1.29, 1.82) is 0 Å². The third kappa shape index (κ3) is 4.57. The normalized spacial score (nSPS) is 10.0. The van der Waals surface area contributed by atoms with Crippen LogP contribution in [0.3, 0.4) is 0 Å². The van der Waals surface area contributed by atoms with Crippen molar-refractivity contribution in [3.05, 3.63) is 23.8 Å². The largest absolute Gasteiger partial charge is 0.493 e. The number of alkyl halides is 1. The minimum absolute atomic E-state index is 0.0802. The standard InChI is InChI=1S/C13H15FO5/c1-18-12-8-9(10(15)3-5-13(16)17)2-4-11(12)19-7-6-14/h2,4,8H,3,5-7H2,1H3,(H,16,17). The van der Waals surface area contributed by atoms with Gasteiger partial charge in [0.05, 0.1) is 13.5 Å². The summed E-state index contributed by atoms with van der Waals surface area (Å²) in [4.78, 5) is 22.1. The fourth-order valence-electron chi connectivity index (χ4n) is 1.47. The Bertz CT molecular complexity index is 458. The molecule has 0 fully saturated rings. The van der Waals surface area contributed by atoms with Gasteiger partial charge in [-0.3, -0.25) is 9.59 Å². The van der Waals surface area contributed by atoms with Crippen LogP contribution in [0.1, 0.15) is 23.2 Å². The van der Waals surface area contributed by atoms with Crippen molar-refractivity contribution in [2.75, 3.05) is 20.4 Å². The third-order valence-corrected chi connectivity index (χ3v) is 2.39. The summed E-state index contributed by atoms with van der Waals surface area (Å²) >= 11 is 0. The molecule has 0 aliphatic rings. The van der Waals surface area contributed by atoms with E-state index in [1.807, 2.05) is 0 Å². The molecular weight excluding hydrogens is 255 g/mol. The fraction of sp³-hybridized carbons (Fsp3) is 0.385. The quantitative estimate of drug-likeness (QED) is 0.732. The van der Waals surface area contributed by atoms with Crippen molar-refractivity contribution in [2.24, 2.45) is 0 Å². The molecule has 19 heavy (non-hydrogen) atoms. The lowest BCUT2D eigenvalue weighted by Crippen LogP contribution is -2.05. The number of carbonyl (C=O) groups is 2. The summed E-state index contributed by atoms with van der Waals surface area (Å²) < 4.78 is 22.2. The maximum Gasteiger partial charge on any atom is 0.303 e. The summed E-state index contributed by atoms with van der Waals surface area (Å²) in [5, 5.41) is 8.52. The number of ether oxygens (including phenoxy) is 2. The molecule has 0 aliphatic carbocycles. The van der Waals surface area contributed by atoms with Crippen LogP contribution < -0.4 is 9.47 Å². The SMILES string of the molecule is COc1cc(C(=O)CCC(=O)O)ccc1OCCF.